The fourth-order valence-electron chi connectivity index (χ4n) is 3.92. The molecule has 0 aromatic rings. The molecule has 0 bridgehead atoms. The van der Waals surface area contributed by atoms with Crippen molar-refractivity contribution in [2.45, 2.75) is 64.1 Å². The average molecular weight is 338 g/mol. The summed E-state index contributed by atoms with van der Waals surface area (Å²) in [6, 6.07) is -0.821. The summed E-state index contributed by atoms with van der Waals surface area (Å²) in [7, 11) is 0. The molecule has 0 saturated heterocycles. The first-order valence-corrected chi connectivity index (χ1v) is 7.75. The minimum atomic E-state index is -1.66. The van der Waals surface area contributed by atoms with Crippen LogP contribution in [-0.4, -0.2) is 43.7 Å². The maximum atomic E-state index is 12.1. The Kier molecular flexibility index (Phi) is 4.08. The number of quaternary nitrogens is 1. The van der Waals surface area contributed by atoms with Crippen LogP contribution in [0.3, 0.4) is 0 Å². The van der Waals surface area contributed by atoms with E-state index in [0.29, 0.717) is 11.1 Å². The second kappa shape index (κ2) is 5.41. The second-order valence-corrected chi connectivity index (χ2v) is 7.68. The zero-order chi connectivity index (χ0) is 18.5. The molecule has 1 aliphatic carbocycles. The van der Waals surface area contributed by atoms with Crippen molar-refractivity contribution in [1.82, 2.24) is 0 Å². The molecule has 3 atom stereocenters. The largest absolute Gasteiger partial charge is 0.498 e. The summed E-state index contributed by atoms with van der Waals surface area (Å²) in [6.45, 7) is 6.28. The molecule has 2 rings (SSSR count). The lowest BCUT2D eigenvalue weighted by atomic mass is 9.75. The van der Waals surface area contributed by atoms with Crippen LogP contribution in [0.15, 0.2) is 23.4 Å². The standard InChI is InChI=1S/C16H22N2O6/c1-15(2,3)18(14(21)22)9-11-7-12(17(23)24)6-5-10(11)8-16(18,4)13(19)20/h5,9,12H,6-8H2,1-4H3,(H-,19,20,21,22)/t12?,16?,18-/m0/s1. The van der Waals surface area contributed by atoms with Gasteiger partial charge in [0.15, 0.2) is 0 Å². The Morgan fingerprint density at radius 1 is 1.38 bits per heavy atom. The average Bonchev–Trinajstić information content (AvgIpc) is 2.43. The van der Waals surface area contributed by atoms with E-state index in [-0.39, 0.29) is 24.2 Å². The molecule has 0 aromatic heterocycles. The first-order valence-electron chi connectivity index (χ1n) is 7.75. The Hall–Kier alpha value is -2.22. The van der Waals surface area contributed by atoms with Crippen LogP contribution in [0.25, 0.3) is 0 Å². The summed E-state index contributed by atoms with van der Waals surface area (Å²) >= 11 is 0. The number of rotatable bonds is 2. The SMILES string of the molecule is CC(C)(C)[N@@+]1(C(=O)[O-])C=C2CC([N+](=O)[O-])CC=C2CC1(C)C(=O)O. The van der Waals surface area contributed by atoms with Crippen molar-refractivity contribution in [2.24, 2.45) is 0 Å². The maximum absolute atomic E-state index is 12.1. The van der Waals surface area contributed by atoms with Crippen LogP contribution in [0.2, 0.25) is 0 Å². The summed E-state index contributed by atoms with van der Waals surface area (Å²) in [5, 5.41) is 33.0. The molecule has 0 saturated carbocycles. The predicted octanol–water partition coefficient (Wildman–Crippen LogP) is 1.44. The Morgan fingerprint density at radius 2 is 1.96 bits per heavy atom. The van der Waals surface area contributed by atoms with E-state index in [4.69, 9.17) is 0 Å². The minimum absolute atomic E-state index is 0.0101. The van der Waals surface area contributed by atoms with Crippen LogP contribution in [-0.2, 0) is 4.79 Å². The molecular weight excluding hydrogens is 316 g/mol. The summed E-state index contributed by atoms with van der Waals surface area (Å²) < 4.78 is -0.910. The number of hydrogen-bond donors (Lipinski definition) is 1. The molecule has 2 aliphatic rings. The third kappa shape index (κ3) is 2.32. The summed E-state index contributed by atoms with van der Waals surface area (Å²) in [5.74, 6) is -1.24. The monoisotopic (exact) mass is 338 g/mol. The zero-order valence-electron chi connectivity index (χ0n) is 14.2. The Balaban J connectivity index is 2.73. The van der Waals surface area contributed by atoms with E-state index in [9.17, 15) is 29.9 Å². The second-order valence-electron chi connectivity index (χ2n) is 7.68. The van der Waals surface area contributed by atoms with Gasteiger partial charge in [-0.05, 0) is 26.3 Å². The molecule has 1 aliphatic heterocycles. The van der Waals surface area contributed by atoms with Gasteiger partial charge in [-0.3, -0.25) is 10.1 Å². The number of carboxylic acid groups (broad SMARTS) is 2. The van der Waals surface area contributed by atoms with E-state index < -0.39 is 33.7 Å². The molecule has 0 aromatic carbocycles. The van der Waals surface area contributed by atoms with E-state index >= 15 is 0 Å². The van der Waals surface area contributed by atoms with Crippen molar-refractivity contribution >= 4 is 12.1 Å². The third-order valence-electron chi connectivity index (χ3n) is 5.27. The van der Waals surface area contributed by atoms with Crippen molar-refractivity contribution in [3.63, 3.8) is 0 Å². The molecule has 8 nitrogen and oxygen atoms in total. The number of nitrogens with zero attached hydrogens (tertiary/aromatic N) is 2. The van der Waals surface area contributed by atoms with Gasteiger partial charge < -0.3 is 15.0 Å². The molecule has 1 heterocycles. The van der Waals surface area contributed by atoms with Crippen LogP contribution in [0.5, 0.6) is 0 Å². The Bertz CT molecular complexity index is 675. The molecule has 1 N–H and O–H groups in total. The van der Waals surface area contributed by atoms with Crippen molar-refractivity contribution in [2.75, 3.05) is 0 Å². The van der Waals surface area contributed by atoms with E-state index in [1.807, 2.05) is 0 Å². The fraction of sp³-hybridized carbons (Fsp3) is 0.625. The summed E-state index contributed by atoms with van der Waals surface area (Å²) in [4.78, 5) is 34.8. The molecule has 1 amide bonds. The summed E-state index contributed by atoms with van der Waals surface area (Å²) in [5.41, 5.74) is -1.46. The lowest BCUT2D eigenvalue weighted by molar-refractivity contribution is -0.913. The van der Waals surface area contributed by atoms with E-state index in [2.05, 4.69) is 0 Å². The van der Waals surface area contributed by atoms with Crippen LogP contribution < -0.4 is 5.11 Å². The summed E-state index contributed by atoms with van der Waals surface area (Å²) in [6.07, 6.45) is 1.80. The van der Waals surface area contributed by atoms with Gasteiger partial charge in [0, 0.05) is 36.7 Å². The minimum Gasteiger partial charge on any atom is -0.498 e. The lowest BCUT2D eigenvalue weighted by Gasteiger charge is -2.56. The van der Waals surface area contributed by atoms with Crippen LogP contribution >= 0.6 is 0 Å². The molecule has 132 valence electrons. The number of carbonyl (C=O) groups is 2. The maximum Gasteiger partial charge on any atom is 0.366 e. The van der Waals surface area contributed by atoms with Gasteiger partial charge >= 0.3 is 5.97 Å². The highest BCUT2D eigenvalue weighted by Gasteiger charge is 2.63. The fourth-order valence-corrected chi connectivity index (χ4v) is 3.92. The van der Waals surface area contributed by atoms with Gasteiger partial charge in [0.05, 0.1) is 0 Å². The van der Waals surface area contributed by atoms with Gasteiger partial charge in [-0.25, -0.2) is 9.28 Å². The number of carboxylic acids is 1. The van der Waals surface area contributed by atoms with Gasteiger partial charge in [0.25, 0.3) is 6.09 Å². The van der Waals surface area contributed by atoms with Gasteiger partial charge in [0.2, 0.25) is 11.6 Å². The zero-order valence-corrected chi connectivity index (χ0v) is 14.2. The third-order valence-corrected chi connectivity index (χ3v) is 5.27. The van der Waals surface area contributed by atoms with E-state index in [0.717, 1.165) is 0 Å². The number of fused-ring (bicyclic) bond motifs is 1. The number of amides is 1. The van der Waals surface area contributed by atoms with Crippen molar-refractivity contribution in [3.8, 4) is 0 Å². The van der Waals surface area contributed by atoms with Gasteiger partial charge in [-0.15, -0.1) is 0 Å². The predicted molar refractivity (Wildman–Crippen MR) is 82.2 cm³/mol. The highest BCUT2D eigenvalue weighted by molar-refractivity contribution is 5.81. The van der Waals surface area contributed by atoms with Crippen LogP contribution in [0.1, 0.15) is 47.0 Å². The normalized spacial score (nSPS) is 33.1. The smallest absolute Gasteiger partial charge is 0.366 e. The Morgan fingerprint density at radius 3 is 2.38 bits per heavy atom. The van der Waals surface area contributed by atoms with E-state index in [1.54, 1.807) is 26.8 Å². The highest BCUT2D eigenvalue weighted by atomic mass is 16.6. The molecule has 2 unspecified atom stereocenters. The van der Waals surface area contributed by atoms with Gasteiger partial charge in [0.1, 0.15) is 11.7 Å². The molecule has 0 spiro atoms. The van der Waals surface area contributed by atoms with Crippen molar-refractivity contribution < 1.29 is 29.2 Å². The number of hydrogen-bond acceptors (Lipinski definition) is 5. The van der Waals surface area contributed by atoms with Gasteiger partial charge in [-0.1, -0.05) is 6.08 Å². The molecular formula is C16H22N2O6. The number of aliphatic carboxylic acids is 1. The molecule has 24 heavy (non-hydrogen) atoms. The number of nitro groups is 1. The topological polar surface area (TPSA) is 121 Å². The van der Waals surface area contributed by atoms with Gasteiger partial charge in [-0.2, -0.15) is 0 Å². The van der Waals surface area contributed by atoms with E-state index in [1.165, 1.54) is 13.1 Å². The number of carbonyl (C=O) groups excluding carboxylic acids is 1. The molecule has 0 radical (unpaired) electrons. The van der Waals surface area contributed by atoms with Crippen LogP contribution in [0, 0.1) is 10.1 Å². The first-order chi connectivity index (χ1) is 10.9. The van der Waals surface area contributed by atoms with Crippen LogP contribution in [0.4, 0.5) is 4.79 Å². The molecule has 8 heteroatoms. The molecule has 0 fully saturated rings. The van der Waals surface area contributed by atoms with Crippen molar-refractivity contribution in [3.05, 3.63) is 33.5 Å². The Labute approximate surface area is 139 Å². The highest BCUT2D eigenvalue weighted by Crippen LogP contribution is 2.48. The lowest BCUT2D eigenvalue weighted by Crippen LogP contribution is -2.77. The first kappa shape index (κ1) is 18.1. The quantitative estimate of drug-likeness (QED) is 0.462. The van der Waals surface area contributed by atoms with Crippen molar-refractivity contribution in [1.29, 1.82) is 0 Å².